The highest BCUT2D eigenvalue weighted by molar-refractivity contribution is 5.89. The monoisotopic (exact) mass is 311 g/mol. The summed E-state index contributed by atoms with van der Waals surface area (Å²) in [6, 6.07) is 8.98. The van der Waals surface area contributed by atoms with Gasteiger partial charge in [0.1, 0.15) is 6.04 Å². The molecule has 1 unspecified atom stereocenters. The lowest BCUT2D eigenvalue weighted by Crippen LogP contribution is -2.52. The number of amides is 2. The molecule has 0 radical (unpaired) electrons. The highest BCUT2D eigenvalue weighted by atomic mass is 35.5. The third-order valence-corrected chi connectivity index (χ3v) is 3.47. The van der Waals surface area contributed by atoms with Crippen molar-refractivity contribution >= 4 is 24.2 Å². The fraction of sp³-hybridized carbons (Fsp3) is 0.467. The van der Waals surface area contributed by atoms with Crippen LogP contribution in [0.25, 0.3) is 0 Å². The average molecular weight is 312 g/mol. The van der Waals surface area contributed by atoms with Gasteiger partial charge in [-0.2, -0.15) is 0 Å². The second-order valence-corrected chi connectivity index (χ2v) is 4.90. The molecule has 1 aromatic carbocycles. The van der Waals surface area contributed by atoms with Gasteiger partial charge in [-0.25, -0.2) is 0 Å². The molecule has 1 heterocycles. The number of nitrogens with zero attached hydrogens (tertiary/aromatic N) is 1. The zero-order valence-electron chi connectivity index (χ0n) is 12.2. The number of nitrogens with one attached hydrogen (secondary N) is 2. The largest absolute Gasteiger partial charge is 0.352 e. The molecular formula is C15H22ClN3O2. The highest BCUT2D eigenvalue weighted by Gasteiger charge is 2.33. The van der Waals surface area contributed by atoms with Gasteiger partial charge in [0, 0.05) is 19.5 Å². The molecule has 21 heavy (non-hydrogen) atoms. The maximum Gasteiger partial charge on any atom is 0.247 e. The lowest BCUT2D eigenvalue weighted by molar-refractivity contribution is -0.143. The smallest absolute Gasteiger partial charge is 0.247 e. The van der Waals surface area contributed by atoms with Crippen molar-refractivity contribution in [3.8, 4) is 0 Å². The Balaban J connectivity index is 0.00000220. The van der Waals surface area contributed by atoms with Crippen molar-refractivity contribution in [1.29, 1.82) is 0 Å². The van der Waals surface area contributed by atoms with E-state index in [0.29, 0.717) is 19.5 Å². The van der Waals surface area contributed by atoms with E-state index in [0.717, 1.165) is 18.5 Å². The Morgan fingerprint density at radius 3 is 2.76 bits per heavy atom. The van der Waals surface area contributed by atoms with Crippen molar-refractivity contribution in [1.82, 2.24) is 15.5 Å². The minimum Gasteiger partial charge on any atom is -0.352 e. The molecule has 0 aromatic heterocycles. The van der Waals surface area contributed by atoms with E-state index < -0.39 is 6.04 Å². The van der Waals surface area contributed by atoms with Gasteiger partial charge < -0.3 is 15.5 Å². The lowest BCUT2D eigenvalue weighted by atomic mass is 10.0. The molecule has 2 rings (SSSR count). The fourth-order valence-corrected chi connectivity index (χ4v) is 2.46. The molecule has 1 aromatic rings. The molecule has 0 bridgehead atoms. The summed E-state index contributed by atoms with van der Waals surface area (Å²) in [7, 11) is 1.87. The first-order valence-electron chi connectivity index (χ1n) is 7.00. The van der Waals surface area contributed by atoms with E-state index in [1.54, 1.807) is 4.90 Å². The van der Waals surface area contributed by atoms with E-state index in [1.165, 1.54) is 0 Å². The molecule has 1 saturated heterocycles. The van der Waals surface area contributed by atoms with Crippen molar-refractivity contribution < 1.29 is 9.59 Å². The Morgan fingerprint density at radius 1 is 1.38 bits per heavy atom. The maximum absolute atomic E-state index is 12.3. The third kappa shape index (κ3) is 4.44. The quantitative estimate of drug-likeness (QED) is 0.801. The molecule has 6 heteroatoms. The van der Waals surface area contributed by atoms with Gasteiger partial charge in [-0.3, -0.25) is 9.59 Å². The van der Waals surface area contributed by atoms with Crippen LogP contribution in [0.2, 0.25) is 0 Å². The molecule has 0 aliphatic carbocycles. The predicted molar refractivity (Wildman–Crippen MR) is 84.3 cm³/mol. The maximum atomic E-state index is 12.3. The van der Waals surface area contributed by atoms with Crippen LogP contribution in [0.15, 0.2) is 30.3 Å². The number of piperazine rings is 1. The molecule has 1 fully saturated rings. The average Bonchev–Trinajstić information content (AvgIpc) is 2.48. The molecule has 5 nitrogen and oxygen atoms in total. The van der Waals surface area contributed by atoms with E-state index in [2.05, 4.69) is 10.6 Å². The van der Waals surface area contributed by atoms with Crippen LogP contribution in [0, 0.1) is 0 Å². The third-order valence-electron chi connectivity index (χ3n) is 3.47. The van der Waals surface area contributed by atoms with E-state index in [4.69, 9.17) is 0 Å². The molecule has 1 atom stereocenters. The molecule has 2 amide bonds. The van der Waals surface area contributed by atoms with E-state index in [1.807, 2.05) is 37.4 Å². The topological polar surface area (TPSA) is 61.4 Å². The van der Waals surface area contributed by atoms with Crippen LogP contribution in [-0.2, 0) is 9.59 Å². The first kappa shape index (κ1) is 17.5. The first-order valence-corrected chi connectivity index (χ1v) is 7.00. The van der Waals surface area contributed by atoms with Crippen LogP contribution >= 0.6 is 12.4 Å². The van der Waals surface area contributed by atoms with E-state index >= 15 is 0 Å². The number of halogens is 1. The van der Waals surface area contributed by atoms with Crippen LogP contribution in [0.5, 0.6) is 0 Å². The number of rotatable bonds is 5. The summed E-state index contributed by atoms with van der Waals surface area (Å²) < 4.78 is 0. The second kappa shape index (κ2) is 8.64. The number of carbonyl (C=O) groups excluding carboxylic acids is 2. The number of benzene rings is 1. The first-order chi connectivity index (χ1) is 9.74. The zero-order valence-corrected chi connectivity index (χ0v) is 13.0. The minimum absolute atomic E-state index is 0. The second-order valence-electron chi connectivity index (χ2n) is 4.90. The summed E-state index contributed by atoms with van der Waals surface area (Å²) in [5.74, 6) is -0.0478. The van der Waals surface area contributed by atoms with Gasteiger partial charge in [-0.1, -0.05) is 30.3 Å². The Labute approximate surface area is 131 Å². The molecule has 0 spiro atoms. The summed E-state index contributed by atoms with van der Waals surface area (Å²) in [4.78, 5) is 26.1. The summed E-state index contributed by atoms with van der Waals surface area (Å²) in [6.07, 6.45) is 1.26. The van der Waals surface area contributed by atoms with Gasteiger partial charge in [0.25, 0.3) is 0 Å². The summed E-state index contributed by atoms with van der Waals surface area (Å²) in [5.41, 5.74) is 0.867. The van der Waals surface area contributed by atoms with Crippen LogP contribution in [0.4, 0.5) is 0 Å². The Hall–Kier alpha value is -1.59. The van der Waals surface area contributed by atoms with Crippen LogP contribution < -0.4 is 10.6 Å². The molecular weight excluding hydrogens is 290 g/mol. The van der Waals surface area contributed by atoms with Crippen molar-refractivity contribution in [2.75, 3.05) is 26.7 Å². The van der Waals surface area contributed by atoms with Gasteiger partial charge >= 0.3 is 0 Å². The van der Waals surface area contributed by atoms with Gasteiger partial charge in [0.05, 0.1) is 0 Å². The van der Waals surface area contributed by atoms with Gasteiger partial charge in [0.2, 0.25) is 11.8 Å². The predicted octanol–water partition coefficient (Wildman–Crippen LogP) is 1.11. The standard InChI is InChI=1S/C15H21N3O2.ClH/c1-16-9-5-8-13(19)18-11-10-17-15(20)14(18)12-6-3-2-4-7-12;/h2-4,6-7,14,16H,5,8-11H2,1H3,(H,17,20);1H. The summed E-state index contributed by atoms with van der Waals surface area (Å²) in [6.45, 7) is 1.91. The molecule has 1 aliphatic rings. The van der Waals surface area contributed by atoms with Crippen LogP contribution in [0.3, 0.4) is 0 Å². The van der Waals surface area contributed by atoms with Crippen molar-refractivity contribution in [3.63, 3.8) is 0 Å². The fourth-order valence-electron chi connectivity index (χ4n) is 2.46. The van der Waals surface area contributed by atoms with Gasteiger partial charge in [0.15, 0.2) is 0 Å². The Morgan fingerprint density at radius 2 is 2.10 bits per heavy atom. The Bertz CT molecular complexity index is 467. The number of carbonyl (C=O) groups is 2. The van der Waals surface area contributed by atoms with Crippen molar-refractivity contribution in [2.24, 2.45) is 0 Å². The zero-order chi connectivity index (χ0) is 14.4. The Kier molecular flexibility index (Phi) is 7.19. The molecule has 2 N–H and O–H groups in total. The van der Waals surface area contributed by atoms with E-state index in [9.17, 15) is 9.59 Å². The normalized spacial score (nSPS) is 17.9. The minimum atomic E-state index is -0.493. The highest BCUT2D eigenvalue weighted by Crippen LogP contribution is 2.23. The summed E-state index contributed by atoms with van der Waals surface area (Å²) in [5, 5.41) is 5.87. The molecule has 116 valence electrons. The number of hydrogen-bond acceptors (Lipinski definition) is 3. The van der Waals surface area contributed by atoms with Gasteiger partial charge in [-0.15, -0.1) is 12.4 Å². The molecule has 0 saturated carbocycles. The van der Waals surface area contributed by atoms with Crippen molar-refractivity contribution in [3.05, 3.63) is 35.9 Å². The van der Waals surface area contributed by atoms with Crippen LogP contribution in [0.1, 0.15) is 24.4 Å². The molecule has 1 aliphatic heterocycles. The number of hydrogen-bond donors (Lipinski definition) is 2. The van der Waals surface area contributed by atoms with Crippen molar-refractivity contribution in [2.45, 2.75) is 18.9 Å². The lowest BCUT2D eigenvalue weighted by Gasteiger charge is -2.35. The van der Waals surface area contributed by atoms with E-state index in [-0.39, 0.29) is 24.2 Å². The van der Waals surface area contributed by atoms with Crippen LogP contribution in [-0.4, -0.2) is 43.4 Å². The summed E-state index contributed by atoms with van der Waals surface area (Å²) >= 11 is 0. The SMILES string of the molecule is CNCCCC(=O)N1CCNC(=O)C1c1ccccc1.Cl. The van der Waals surface area contributed by atoms with Gasteiger partial charge in [-0.05, 0) is 25.6 Å².